The molecular formula is C22H22FN3O3. The first-order valence-corrected chi connectivity index (χ1v) is 9.81. The molecule has 0 spiro atoms. The number of hydrogen-bond donors (Lipinski definition) is 1. The van der Waals surface area contributed by atoms with Gasteiger partial charge in [-0.1, -0.05) is 31.0 Å². The van der Waals surface area contributed by atoms with Crippen molar-refractivity contribution in [2.45, 2.75) is 44.2 Å². The molecule has 1 aliphatic carbocycles. The zero-order valence-corrected chi connectivity index (χ0v) is 15.9. The van der Waals surface area contributed by atoms with Gasteiger partial charge in [0.15, 0.2) is 0 Å². The summed E-state index contributed by atoms with van der Waals surface area (Å²) in [6, 6.07) is 12.9. The minimum Gasteiger partial charge on any atom is -0.326 e. The number of hydrogen-bond acceptors (Lipinski definition) is 3. The van der Waals surface area contributed by atoms with Crippen molar-refractivity contribution in [3.8, 4) is 0 Å². The summed E-state index contributed by atoms with van der Waals surface area (Å²) in [5.74, 6) is -1.17. The number of anilines is 2. The Morgan fingerprint density at radius 2 is 1.66 bits per heavy atom. The average Bonchev–Trinajstić information content (AvgIpc) is 3.31. The van der Waals surface area contributed by atoms with Gasteiger partial charge in [0, 0.05) is 11.7 Å². The molecule has 150 valence electrons. The van der Waals surface area contributed by atoms with Gasteiger partial charge in [-0.2, -0.15) is 0 Å². The zero-order chi connectivity index (χ0) is 20.4. The Hall–Kier alpha value is -3.22. The van der Waals surface area contributed by atoms with E-state index in [1.807, 2.05) is 6.07 Å². The Labute approximate surface area is 168 Å². The smallest absolute Gasteiger partial charge is 0.326 e. The maximum Gasteiger partial charge on any atom is 0.332 e. The Morgan fingerprint density at radius 1 is 1.00 bits per heavy atom. The molecule has 0 unspecified atom stereocenters. The summed E-state index contributed by atoms with van der Waals surface area (Å²) in [7, 11) is 0. The third kappa shape index (κ3) is 3.85. The molecule has 1 aliphatic heterocycles. The molecule has 1 N–H and O–H groups in total. The van der Waals surface area contributed by atoms with Crippen LogP contribution in [0.5, 0.6) is 0 Å². The predicted octanol–water partition coefficient (Wildman–Crippen LogP) is 3.93. The SMILES string of the molecule is O=C(C[C@H]1C(=O)N(c2ccccc2)C(=O)N1C1CCCC1)Nc1ccc(F)cc1. The second-order valence-electron chi connectivity index (χ2n) is 7.41. The van der Waals surface area contributed by atoms with Crippen LogP contribution in [0.1, 0.15) is 32.1 Å². The molecule has 1 saturated heterocycles. The van der Waals surface area contributed by atoms with Crippen LogP contribution in [0.4, 0.5) is 20.6 Å². The minimum atomic E-state index is -0.841. The quantitative estimate of drug-likeness (QED) is 0.780. The third-order valence-electron chi connectivity index (χ3n) is 5.49. The summed E-state index contributed by atoms with van der Waals surface area (Å²) in [4.78, 5) is 41.7. The fraction of sp³-hybridized carbons (Fsp3) is 0.318. The van der Waals surface area contributed by atoms with Crippen LogP contribution in [0.2, 0.25) is 0 Å². The number of amides is 4. The van der Waals surface area contributed by atoms with Crippen LogP contribution in [-0.2, 0) is 9.59 Å². The van der Waals surface area contributed by atoms with Gasteiger partial charge in [0.05, 0.1) is 12.1 Å². The lowest BCUT2D eigenvalue weighted by Crippen LogP contribution is -2.43. The van der Waals surface area contributed by atoms with Crippen LogP contribution in [0.3, 0.4) is 0 Å². The molecule has 4 amide bonds. The van der Waals surface area contributed by atoms with E-state index in [0.29, 0.717) is 11.4 Å². The van der Waals surface area contributed by atoms with E-state index in [4.69, 9.17) is 0 Å². The molecule has 0 radical (unpaired) electrons. The summed E-state index contributed by atoms with van der Waals surface area (Å²) in [5, 5.41) is 2.68. The van der Waals surface area contributed by atoms with Gasteiger partial charge in [-0.3, -0.25) is 9.59 Å². The molecule has 1 heterocycles. The monoisotopic (exact) mass is 395 g/mol. The second kappa shape index (κ2) is 8.03. The van der Waals surface area contributed by atoms with Crippen LogP contribution in [0.15, 0.2) is 54.6 Å². The highest BCUT2D eigenvalue weighted by Gasteiger charge is 2.49. The van der Waals surface area contributed by atoms with Gasteiger partial charge in [0.2, 0.25) is 5.91 Å². The summed E-state index contributed by atoms with van der Waals surface area (Å²) < 4.78 is 13.1. The molecule has 0 aromatic heterocycles. The van der Waals surface area contributed by atoms with Crippen molar-refractivity contribution in [3.63, 3.8) is 0 Å². The Kier molecular flexibility index (Phi) is 5.29. The first-order chi connectivity index (χ1) is 14.0. The molecule has 1 atom stereocenters. The van der Waals surface area contributed by atoms with Crippen LogP contribution in [-0.4, -0.2) is 34.8 Å². The van der Waals surface area contributed by atoms with E-state index in [1.165, 1.54) is 29.2 Å². The molecule has 2 aromatic carbocycles. The Bertz CT molecular complexity index is 911. The highest BCUT2D eigenvalue weighted by Crippen LogP contribution is 2.34. The Morgan fingerprint density at radius 3 is 2.31 bits per heavy atom. The molecule has 4 rings (SSSR count). The van der Waals surface area contributed by atoms with Gasteiger partial charge in [0.25, 0.3) is 5.91 Å². The number of imide groups is 1. The first-order valence-electron chi connectivity index (χ1n) is 9.81. The molecule has 0 bridgehead atoms. The Balaban J connectivity index is 1.56. The van der Waals surface area contributed by atoms with Crippen LogP contribution in [0.25, 0.3) is 0 Å². The molecule has 6 nitrogen and oxygen atoms in total. The number of para-hydroxylation sites is 1. The van der Waals surface area contributed by atoms with Crippen molar-refractivity contribution in [2.24, 2.45) is 0 Å². The zero-order valence-electron chi connectivity index (χ0n) is 15.9. The van der Waals surface area contributed by atoms with Gasteiger partial charge in [-0.15, -0.1) is 0 Å². The largest absolute Gasteiger partial charge is 0.332 e. The predicted molar refractivity (Wildman–Crippen MR) is 107 cm³/mol. The van der Waals surface area contributed by atoms with E-state index >= 15 is 0 Å². The molecule has 2 aromatic rings. The highest BCUT2D eigenvalue weighted by molar-refractivity contribution is 6.22. The van der Waals surface area contributed by atoms with E-state index in [9.17, 15) is 18.8 Å². The van der Waals surface area contributed by atoms with Crippen LogP contribution < -0.4 is 10.2 Å². The number of halogens is 1. The lowest BCUT2D eigenvalue weighted by atomic mass is 10.1. The number of carbonyl (C=O) groups is 3. The number of benzene rings is 2. The molecule has 1 saturated carbocycles. The van der Waals surface area contributed by atoms with Gasteiger partial charge >= 0.3 is 6.03 Å². The van der Waals surface area contributed by atoms with Gasteiger partial charge in [-0.25, -0.2) is 14.1 Å². The average molecular weight is 395 g/mol. The lowest BCUT2D eigenvalue weighted by molar-refractivity contribution is -0.124. The fourth-order valence-electron chi connectivity index (χ4n) is 4.13. The summed E-state index contributed by atoms with van der Waals surface area (Å²) in [6.45, 7) is 0. The van der Waals surface area contributed by atoms with E-state index < -0.39 is 11.9 Å². The van der Waals surface area contributed by atoms with Crippen LogP contribution >= 0.6 is 0 Å². The molecule has 7 heteroatoms. The standard InChI is InChI=1S/C22H22FN3O3/c23-15-10-12-16(13-11-15)24-20(27)14-19-21(28)26(18-6-2-1-3-7-18)22(29)25(19)17-8-4-5-9-17/h1-3,6-7,10-13,17,19H,4-5,8-9,14H2,(H,24,27)/t19-/m0/s1. The second-order valence-corrected chi connectivity index (χ2v) is 7.41. The van der Waals surface area contributed by atoms with E-state index in [1.54, 1.807) is 29.2 Å². The van der Waals surface area contributed by atoms with Gasteiger partial charge in [-0.05, 0) is 49.2 Å². The number of nitrogens with one attached hydrogen (secondary N) is 1. The lowest BCUT2D eigenvalue weighted by Gasteiger charge is -2.27. The molecule has 29 heavy (non-hydrogen) atoms. The van der Waals surface area contributed by atoms with Crippen molar-refractivity contribution < 1.29 is 18.8 Å². The molecule has 2 aliphatic rings. The van der Waals surface area contributed by atoms with Crippen molar-refractivity contribution in [1.82, 2.24) is 4.90 Å². The van der Waals surface area contributed by atoms with Crippen molar-refractivity contribution in [2.75, 3.05) is 10.2 Å². The van der Waals surface area contributed by atoms with E-state index in [-0.39, 0.29) is 30.3 Å². The van der Waals surface area contributed by atoms with E-state index in [2.05, 4.69) is 5.32 Å². The molecule has 2 fully saturated rings. The van der Waals surface area contributed by atoms with Crippen molar-refractivity contribution >= 4 is 29.2 Å². The molecular weight excluding hydrogens is 373 g/mol. The first kappa shape index (κ1) is 19.1. The van der Waals surface area contributed by atoms with Crippen molar-refractivity contribution in [1.29, 1.82) is 0 Å². The van der Waals surface area contributed by atoms with Crippen LogP contribution in [0, 0.1) is 5.82 Å². The number of carbonyl (C=O) groups excluding carboxylic acids is 3. The van der Waals surface area contributed by atoms with Gasteiger partial charge in [0.1, 0.15) is 11.9 Å². The minimum absolute atomic E-state index is 0.0382. The summed E-state index contributed by atoms with van der Waals surface area (Å²) >= 11 is 0. The number of urea groups is 1. The number of rotatable bonds is 5. The highest BCUT2D eigenvalue weighted by atomic mass is 19.1. The summed E-state index contributed by atoms with van der Waals surface area (Å²) in [6.07, 6.45) is 3.53. The number of nitrogens with zero attached hydrogens (tertiary/aromatic N) is 2. The topological polar surface area (TPSA) is 69.7 Å². The van der Waals surface area contributed by atoms with Crippen molar-refractivity contribution in [3.05, 3.63) is 60.4 Å². The normalized spacial score (nSPS) is 19.8. The maximum atomic E-state index is 13.1. The fourth-order valence-corrected chi connectivity index (χ4v) is 4.13. The van der Waals surface area contributed by atoms with E-state index in [0.717, 1.165) is 25.7 Å². The summed E-state index contributed by atoms with van der Waals surface area (Å²) in [5.41, 5.74) is 0.951. The third-order valence-corrected chi connectivity index (χ3v) is 5.49. The maximum absolute atomic E-state index is 13.1. The van der Waals surface area contributed by atoms with Gasteiger partial charge < -0.3 is 10.2 Å².